The van der Waals surface area contributed by atoms with Gasteiger partial charge in [0.05, 0.1) is 0 Å². The summed E-state index contributed by atoms with van der Waals surface area (Å²) in [5.41, 5.74) is 5.28. The van der Waals surface area contributed by atoms with Crippen molar-refractivity contribution in [3.63, 3.8) is 0 Å². The fourth-order valence-corrected chi connectivity index (χ4v) is 4.21. The van der Waals surface area contributed by atoms with Gasteiger partial charge in [-0.1, -0.05) is 42.5 Å². The number of aromatic nitrogens is 4. The molecule has 1 N–H and O–H groups in total. The smallest absolute Gasteiger partial charge is 0.279 e. The summed E-state index contributed by atoms with van der Waals surface area (Å²) in [7, 11) is 0. The molecule has 1 aliphatic rings. The minimum absolute atomic E-state index is 0.0758. The first kappa shape index (κ1) is 19.2. The Hall–Kier alpha value is -3.74. The SMILES string of the molecule is Cc1cccc(NC(=O)Cn2c3c(c(=O)n4nc(-c5ccccc5)nc24)CCC3)c1C. The Balaban J connectivity index is 1.58. The van der Waals surface area contributed by atoms with E-state index in [2.05, 4.69) is 15.4 Å². The lowest BCUT2D eigenvalue weighted by Crippen LogP contribution is -2.28. The van der Waals surface area contributed by atoms with Crippen LogP contribution in [0.15, 0.2) is 53.3 Å². The molecule has 0 fully saturated rings. The van der Waals surface area contributed by atoms with Crippen LogP contribution in [0.5, 0.6) is 0 Å². The number of anilines is 1. The van der Waals surface area contributed by atoms with Crippen molar-refractivity contribution in [3.05, 3.63) is 81.3 Å². The first-order valence-corrected chi connectivity index (χ1v) is 10.5. The number of benzene rings is 2. The molecule has 7 nitrogen and oxygen atoms in total. The van der Waals surface area contributed by atoms with E-state index >= 15 is 0 Å². The summed E-state index contributed by atoms with van der Waals surface area (Å²) in [5.74, 6) is 0.725. The van der Waals surface area contributed by atoms with Crippen LogP contribution in [0.25, 0.3) is 17.2 Å². The number of nitrogens with one attached hydrogen (secondary N) is 1. The van der Waals surface area contributed by atoms with Crippen LogP contribution in [0.2, 0.25) is 0 Å². The number of nitrogens with zero attached hydrogens (tertiary/aromatic N) is 4. The molecule has 2 heterocycles. The standard InChI is InChI=1S/C24H23N5O2/c1-15-8-6-12-19(16(15)2)25-21(30)14-28-20-13-7-11-18(20)23(31)29-24(28)26-22(27-29)17-9-4-3-5-10-17/h3-6,8-10,12H,7,11,13-14H2,1-2H3,(H,25,30). The number of aryl methyl sites for hydroxylation is 1. The number of rotatable bonds is 4. The Morgan fingerprint density at radius 3 is 2.68 bits per heavy atom. The highest BCUT2D eigenvalue weighted by Gasteiger charge is 2.25. The molecule has 0 spiro atoms. The van der Waals surface area contributed by atoms with Gasteiger partial charge >= 0.3 is 0 Å². The van der Waals surface area contributed by atoms with Gasteiger partial charge in [-0.2, -0.15) is 9.50 Å². The second kappa shape index (κ2) is 7.50. The number of fused-ring (bicyclic) bond motifs is 2. The van der Waals surface area contributed by atoms with Gasteiger partial charge in [-0.05, 0) is 50.3 Å². The highest BCUT2D eigenvalue weighted by Crippen LogP contribution is 2.23. The molecule has 0 aliphatic heterocycles. The summed E-state index contributed by atoms with van der Waals surface area (Å²) in [6, 6.07) is 15.4. The van der Waals surface area contributed by atoms with E-state index in [1.807, 2.05) is 66.9 Å². The molecule has 5 rings (SSSR count). The fourth-order valence-electron chi connectivity index (χ4n) is 4.21. The Morgan fingerprint density at radius 1 is 1.06 bits per heavy atom. The Kier molecular flexibility index (Phi) is 4.66. The predicted molar refractivity (Wildman–Crippen MR) is 119 cm³/mol. The highest BCUT2D eigenvalue weighted by molar-refractivity contribution is 5.91. The van der Waals surface area contributed by atoms with Gasteiger partial charge in [0.2, 0.25) is 11.7 Å². The third kappa shape index (κ3) is 3.32. The van der Waals surface area contributed by atoms with E-state index in [1.54, 1.807) is 0 Å². The summed E-state index contributed by atoms with van der Waals surface area (Å²) in [6.45, 7) is 4.09. The van der Waals surface area contributed by atoms with Crippen molar-refractivity contribution in [1.29, 1.82) is 0 Å². The van der Waals surface area contributed by atoms with Gasteiger partial charge in [-0.3, -0.25) is 9.59 Å². The van der Waals surface area contributed by atoms with Gasteiger partial charge < -0.3 is 9.88 Å². The number of hydrogen-bond donors (Lipinski definition) is 1. The van der Waals surface area contributed by atoms with Gasteiger partial charge in [-0.15, -0.1) is 5.10 Å². The number of hydrogen-bond acceptors (Lipinski definition) is 4. The molecule has 0 radical (unpaired) electrons. The van der Waals surface area contributed by atoms with E-state index in [0.29, 0.717) is 18.0 Å². The summed E-state index contributed by atoms with van der Waals surface area (Å²) in [6.07, 6.45) is 2.34. The predicted octanol–water partition coefficient (Wildman–Crippen LogP) is 3.30. The second-order valence-electron chi connectivity index (χ2n) is 7.98. The van der Waals surface area contributed by atoms with Crippen LogP contribution in [0.4, 0.5) is 5.69 Å². The lowest BCUT2D eigenvalue weighted by molar-refractivity contribution is -0.116. The molecule has 1 amide bonds. The van der Waals surface area contributed by atoms with Crippen molar-refractivity contribution >= 4 is 17.4 Å². The zero-order chi connectivity index (χ0) is 21.5. The number of amides is 1. The first-order valence-electron chi connectivity index (χ1n) is 10.5. The van der Waals surface area contributed by atoms with Crippen molar-refractivity contribution in [3.8, 4) is 11.4 Å². The average Bonchev–Trinajstić information content (AvgIpc) is 3.43. The molecule has 0 saturated carbocycles. The third-order valence-electron chi connectivity index (χ3n) is 6.01. The Morgan fingerprint density at radius 2 is 1.87 bits per heavy atom. The van der Waals surface area contributed by atoms with Crippen molar-refractivity contribution in [2.45, 2.75) is 39.7 Å². The highest BCUT2D eigenvalue weighted by atomic mass is 16.2. The third-order valence-corrected chi connectivity index (χ3v) is 6.01. The summed E-state index contributed by atoms with van der Waals surface area (Å²) < 4.78 is 3.20. The van der Waals surface area contributed by atoms with Crippen molar-refractivity contribution < 1.29 is 4.79 Å². The maximum atomic E-state index is 13.0. The topological polar surface area (TPSA) is 81.3 Å². The van der Waals surface area contributed by atoms with Crippen LogP contribution < -0.4 is 10.9 Å². The molecule has 2 aromatic carbocycles. The molecule has 7 heteroatoms. The average molecular weight is 413 g/mol. The van der Waals surface area contributed by atoms with Gasteiger partial charge in [0.1, 0.15) is 6.54 Å². The second-order valence-corrected chi connectivity index (χ2v) is 7.98. The van der Waals surface area contributed by atoms with E-state index in [4.69, 9.17) is 0 Å². The molecular weight excluding hydrogens is 390 g/mol. The van der Waals surface area contributed by atoms with Gasteiger partial charge in [0.25, 0.3) is 5.56 Å². The molecule has 156 valence electrons. The molecule has 0 bridgehead atoms. The molecular formula is C24H23N5O2. The largest absolute Gasteiger partial charge is 0.324 e. The maximum absolute atomic E-state index is 13.0. The van der Waals surface area contributed by atoms with Gasteiger partial charge in [0.15, 0.2) is 5.82 Å². The van der Waals surface area contributed by atoms with Crippen molar-refractivity contribution in [2.24, 2.45) is 0 Å². The van der Waals surface area contributed by atoms with E-state index in [9.17, 15) is 9.59 Å². The molecule has 0 atom stereocenters. The van der Waals surface area contributed by atoms with Crippen LogP contribution in [-0.4, -0.2) is 25.1 Å². The monoisotopic (exact) mass is 413 g/mol. The van der Waals surface area contributed by atoms with E-state index in [1.165, 1.54) is 4.52 Å². The lowest BCUT2D eigenvalue weighted by Gasteiger charge is -2.15. The van der Waals surface area contributed by atoms with E-state index in [0.717, 1.165) is 46.5 Å². The van der Waals surface area contributed by atoms with Crippen LogP contribution >= 0.6 is 0 Å². The molecule has 1 aliphatic carbocycles. The number of carbonyl (C=O) groups excluding carboxylic acids is 1. The van der Waals surface area contributed by atoms with Crippen molar-refractivity contribution in [2.75, 3.05) is 5.32 Å². The van der Waals surface area contributed by atoms with Crippen LogP contribution in [0.1, 0.15) is 28.8 Å². The Bertz CT molecular complexity index is 1370. The van der Waals surface area contributed by atoms with Crippen molar-refractivity contribution in [1.82, 2.24) is 19.2 Å². The van der Waals surface area contributed by atoms with E-state index in [-0.39, 0.29) is 18.0 Å². The van der Waals surface area contributed by atoms with Crippen LogP contribution in [0, 0.1) is 13.8 Å². The molecule has 0 saturated heterocycles. The minimum atomic E-state index is -0.155. The maximum Gasteiger partial charge on any atom is 0.279 e. The zero-order valence-corrected chi connectivity index (χ0v) is 17.6. The number of carbonyl (C=O) groups is 1. The fraction of sp³-hybridized carbons (Fsp3) is 0.250. The van der Waals surface area contributed by atoms with Crippen LogP contribution in [-0.2, 0) is 24.2 Å². The summed E-state index contributed by atoms with van der Waals surface area (Å²) >= 11 is 0. The molecule has 31 heavy (non-hydrogen) atoms. The van der Waals surface area contributed by atoms with Gasteiger partial charge in [-0.25, -0.2) is 0 Å². The van der Waals surface area contributed by atoms with Crippen LogP contribution in [0.3, 0.4) is 0 Å². The molecule has 2 aromatic heterocycles. The van der Waals surface area contributed by atoms with Gasteiger partial charge in [0, 0.05) is 22.5 Å². The molecule has 4 aromatic rings. The zero-order valence-electron chi connectivity index (χ0n) is 17.6. The summed E-state index contributed by atoms with van der Waals surface area (Å²) in [4.78, 5) is 30.7. The first-order chi connectivity index (χ1) is 15.0. The normalized spacial score (nSPS) is 12.8. The Labute approximate surface area is 179 Å². The quantitative estimate of drug-likeness (QED) is 0.557. The molecule has 0 unspecified atom stereocenters. The summed E-state index contributed by atoms with van der Waals surface area (Å²) in [5, 5.41) is 7.49. The minimum Gasteiger partial charge on any atom is -0.324 e. The van der Waals surface area contributed by atoms with E-state index < -0.39 is 0 Å². The lowest BCUT2D eigenvalue weighted by atomic mass is 10.1.